The Bertz CT molecular complexity index is 769. The predicted octanol–water partition coefficient (Wildman–Crippen LogP) is 1.22. The van der Waals surface area contributed by atoms with Crippen LogP contribution in [0.1, 0.15) is 36.1 Å². The Balaban J connectivity index is 1.55. The summed E-state index contributed by atoms with van der Waals surface area (Å²) in [7, 11) is 1.82. The monoisotopic (exact) mass is 330 g/mol. The van der Waals surface area contributed by atoms with Crippen LogP contribution in [0.2, 0.25) is 0 Å². The van der Waals surface area contributed by atoms with Crippen LogP contribution in [-0.2, 0) is 11.8 Å². The minimum atomic E-state index is -0.194. The Morgan fingerprint density at radius 3 is 2.58 bits per heavy atom. The van der Waals surface area contributed by atoms with Crippen molar-refractivity contribution in [2.75, 3.05) is 18.4 Å². The van der Waals surface area contributed by atoms with Crippen LogP contribution in [0.25, 0.3) is 0 Å². The van der Waals surface area contributed by atoms with E-state index in [4.69, 9.17) is 0 Å². The highest BCUT2D eigenvalue weighted by Gasteiger charge is 2.37. The van der Waals surface area contributed by atoms with Gasteiger partial charge in [0.2, 0.25) is 5.91 Å². The molecule has 1 fully saturated rings. The zero-order valence-corrected chi connectivity index (χ0v) is 14.4. The summed E-state index contributed by atoms with van der Waals surface area (Å²) in [5, 5.41) is 11.2. The molecule has 0 aromatic carbocycles. The van der Waals surface area contributed by atoms with Gasteiger partial charge in [-0.1, -0.05) is 0 Å². The number of carbonyl (C=O) groups excluding carboxylic acids is 2. The van der Waals surface area contributed by atoms with E-state index in [2.05, 4.69) is 15.5 Å². The highest BCUT2D eigenvalue weighted by atomic mass is 16.2. The Labute approximate surface area is 140 Å². The number of likely N-dealkylation sites (tertiary alicyclic amines) is 1. The maximum atomic E-state index is 12.4. The van der Waals surface area contributed by atoms with Crippen molar-refractivity contribution in [3.05, 3.63) is 29.8 Å². The lowest BCUT2D eigenvalue weighted by molar-refractivity contribution is -0.123. The van der Waals surface area contributed by atoms with E-state index in [0.717, 1.165) is 5.69 Å². The first-order chi connectivity index (χ1) is 11.4. The molecule has 0 spiro atoms. The van der Waals surface area contributed by atoms with Crippen LogP contribution in [-0.4, -0.2) is 49.4 Å². The maximum Gasteiger partial charge on any atom is 0.274 e. The summed E-state index contributed by atoms with van der Waals surface area (Å²) in [5.74, 6) is -0.403. The van der Waals surface area contributed by atoms with E-state index in [1.54, 1.807) is 32.7 Å². The van der Waals surface area contributed by atoms with Gasteiger partial charge in [-0.2, -0.15) is 10.2 Å². The fraction of sp³-hybridized carbons (Fsp3) is 0.500. The molecule has 0 aliphatic carbocycles. The van der Waals surface area contributed by atoms with Crippen LogP contribution < -0.4 is 5.32 Å². The lowest BCUT2D eigenvalue weighted by atomic mass is 9.98. The summed E-state index contributed by atoms with van der Waals surface area (Å²) < 4.78 is 3.46. The largest absolute Gasteiger partial charge is 0.336 e. The summed E-state index contributed by atoms with van der Waals surface area (Å²) >= 11 is 0. The molecule has 2 aromatic heterocycles. The van der Waals surface area contributed by atoms with Gasteiger partial charge in [0.1, 0.15) is 5.69 Å². The van der Waals surface area contributed by atoms with Crippen LogP contribution in [0.5, 0.6) is 0 Å². The highest BCUT2D eigenvalue weighted by molar-refractivity contribution is 5.97. The van der Waals surface area contributed by atoms with Gasteiger partial charge in [-0.25, -0.2) is 0 Å². The minimum absolute atomic E-state index is 0.0807. The lowest BCUT2D eigenvalue weighted by Crippen LogP contribution is -2.54. The number of aryl methyl sites for hydroxylation is 1. The number of rotatable bonds is 4. The first-order valence-corrected chi connectivity index (χ1v) is 8.00. The smallest absolute Gasteiger partial charge is 0.274 e. The Morgan fingerprint density at radius 2 is 2.04 bits per heavy atom. The quantitative estimate of drug-likeness (QED) is 0.913. The summed E-state index contributed by atoms with van der Waals surface area (Å²) in [6.07, 6.45) is 3.43. The van der Waals surface area contributed by atoms with Crippen LogP contribution >= 0.6 is 0 Å². The van der Waals surface area contributed by atoms with Crippen LogP contribution in [0.15, 0.2) is 18.5 Å². The first-order valence-electron chi connectivity index (χ1n) is 8.00. The van der Waals surface area contributed by atoms with Gasteiger partial charge in [0.15, 0.2) is 0 Å². The van der Waals surface area contributed by atoms with Gasteiger partial charge in [-0.05, 0) is 26.8 Å². The number of amides is 2. The molecule has 2 aromatic rings. The molecular weight excluding hydrogens is 308 g/mol. The number of aromatic nitrogens is 4. The molecule has 8 nitrogen and oxygen atoms in total. The normalized spacial score (nSPS) is 14.8. The van der Waals surface area contributed by atoms with Gasteiger partial charge in [0, 0.05) is 32.4 Å². The number of nitrogens with one attached hydrogen (secondary N) is 1. The zero-order chi connectivity index (χ0) is 17.4. The summed E-state index contributed by atoms with van der Waals surface area (Å²) in [4.78, 5) is 26.2. The molecule has 1 N–H and O–H groups in total. The summed E-state index contributed by atoms with van der Waals surface area (Å²) in [6.45, 7) is 6.73. The highest BCUT2D eigenvalue weighted by Crippen LogP contribution is 2.21. The summed E-state index contributed by atoms with van der Waals surface area (Å²) in [6, 6.07) is 1.93. The molecule has 0 radical (unpaired) electrons. The van der Waals surface area contributed by atoms with Crippen LogP contribution in [0, 0.1) is 12.8 Å². The van der Waals surface area contributed by atoms with Crippen molar-refractivity contribution in [1.82, 2.24) is 24.5 Å². The second-order valence-electron chi connectivity index (χ2n) is 6.44. The van der Waals surface area contributed by atoms with Gasteiger partial charge in [-0.15, -0.1) is 0 Å². The third-order valence-electron chi connectivity index (χ3n) is 4.39. The molecule has 0 saturated carbocycles. The Hall–Kier alpha value is -2.64. The third kappa shape index (κ3) is 2.91. The second-order valence-corrected chi connectivity index (χ2v) is 6.44. The number of hydrogen-bond acceptors (Lipinski definition) is 4. The van der Waals surface area contributed by atoms with Gasteiger partial charge in [-0.3, -0.25) is 19.0 Å². The van der Waals surface area contributed by atoms with Gasteiger partial charge >= 0.3 is 0 Å². The fourth-order valence-electron chi connectivity index (χ4n) is 2.57. The molecule has 24 heavy (non-hydrogen) atoms. The lowest BCUT2D eigenvalue weighted by Gasteiger charge is -2.37. The molecule has 3 heterocycles. The van der Waals surface area contributed by atoms with Crippen LogP contribution in [0.4, 0.5) is 5.69 Å². The van der Waals surface area contributed by atoms with E-state index in [1.165, 1.54) is 0 Å². The molecule has 0 unspecified atom stereocenters. The van der Waals surface area contributed by atoms with Crippen molar-refractivity contribution in [3.8, 4) is 0 Å². The van der Waals surface area contributed by atoms with Crippen molar-refractivity contribution >= 4 is 17.5 Å². The van der Waals surface area contributed by atoms with Crippen molar-refractivity contribution < 1.29 is 9.59 Å². The molecule has 2 amide bonds. The van der Waals surface area contributed by atoms with E-state index in [9.17, 15) is 9.59 Å². The van der Waals surface area contributed by atoms with E-state index >= 15 is 0 Å². The molecule has 1 aliphatic rings. The molecule has 0 bridgehead atoms. The number of hydrogen-bond donors (Lipinski definition) is 1. The second kappa shape index (κ2) is 6.10. The zero-order valence-electron chi connectivity index (χ0n) is 14.4. The minimum Gasteiger partial charge on any atom is -0.336 e. The van der Waals surface area contributed by atoms with Crippen molar-refractivity contribution in [3.63, 3.8) is 0 Å². The summed E-state index contributed by atoms with van der Waals surface area (Å²) in [5.41, 5.74) is 2.03. The van der Waals surface area contributed by atoms with E-state index in [1.807, 2.05) is 27.8 Å². The van der Waals surface area contributed by atoms with Gasteiger partial charge < -0.3 is 10.2 Å². The molecule has 3 rings (SSSR count). The van der Waals surface area contributed by atoms with E-state index < -0.39 is 0 Å². The predicted molar refractivity (Wildman–Crippen MR) is 88.6 cm³/mol. The molecule has 0 atom stereocenters. The third-order valence-corrected chi connectivity index (χ3v) is 4.39. The average molecular weight is 330 g/mol. The maximum absolute atomic E-state index is 12.4. The first kappa shape index (κ1) is 16.2. The fourth-order valence-corrected chi connectivity index (χ4v) is 2.57. The number of anilines is 1. The molecule has 1 aliphatic heterocycles. The Morgan fingerprint density at radius 1 is 1.33 bits per heavy atom. The van der Waals surface area contributed by atoms with Gasteiger partial charge in [0.25, 0.3) is 5.91 Å². The average Bonchev–Trinajstić information content (AvgIpc) is 3.08. The van der Waals surface area contributed by atoms with Crippen molar-refractivity contribution in [2.24, 2.45) is 13.0 Å². The SMILES string of the molecule is Cc1c(NC(=O)C2CN(C(=O)c3ccn(C(C)C)n3)C2)cnn1C. The van der Waals surface area contributed by atoms with E-state index in [-0.39, 0.29) is 23.8 Å². The van der Waals surface area contributed by atoms with E-state index in [0.29, 0.717) is 24.5 Å². The standard InChI is InChI=1S/C16H22N6O2/c1-10(2)22-6-5-13(19-22)16(24)21-8-12(9-21)15(23)18-14-7-17-20(4)11(14)3/h5-7,10,12H,8-9H2,1-4H3,(H,18,23). The number of nitrogens with zero attached hydrogens (tertiary/aromatic N) is 5. The Kier molecular flexibility index (Phi) is 4.13. The molecule has 1 saturated heterocycles. The topological polar surface area (TPSA) is 85.1 Å². The molecule has 128 valence electrons. The van der Waals surface area contributed by atoms with Gasteiger partial charge in [0.05, 0.1) is 23.5 Å². The number of carbonyl (C=O) groups is 2. The molecule has 8 heteroatoms. The van der Waals surface area contributed by atoms with Crippen molar-refractivity contribution in [2.45, 2.75) is 26.8 Å². The molecular formula is C16H22N6O2. The van der Waals surface area contributed by atoms with Crippen molar-refractivity contribution in [1.29, 1.82) is 0 Å². The van der Waals surface area contributed by atoms with Crippen LogP contribution in [0.3, 0.4) is 0 Å².